The Hall–Kier alpha value is -2.00. The van der Waals surface area contributed by atoms with Crippen molar-refractivity contribution < 1.29 is 9.84 Å². The number of fused-ring (bicyclic) bond motifs is 1. The molecule has 0 saturated carbocycles. The van der Waals surface area contributed by atoms with Crippen LogP contribution in [0.1, 0.15) is 37.0 Å². The van der Waals surface area contributed by atoms with E-state index in [1.54, 1.807) is 0 Å². The first-order chi connectivity index (χ1) is 9.99. The highest BCUT2D eigenvalue weighted by Crippen LogP contribution is 2.43. The molecule has 3 rings (SSSR count). The van der Waals surface area contributed by atoms with E-state index in [2.05, 4.69) is 0 Å². The molecule has 1 atom stereocenters. The number of ether oxygens (including phenoxy) is 1. The summed E-state index contributed by atoms with van der Waals surface area (Å²) in [5.41, 5.74) is 8.60. The van der Waals surface area contributed by atoms with Crippen LogP contribution in [-0.4, -0.2) is 11.2 Å². The Morgan fingerprint density at radius 1 is 1.19 bits per heavy atom. The number of benzene rings is 2. The van der Waals surface area contributed by atoms with E-state index in [0.29, 0.717) is 6.42 Å². The topological polar surface area (TPSA) is 55.5 Å². The smallest absolute Gasteiger partial charge is 0.120 e. The number of aryl methyl sites for hydroxylation is 1. The normalized spacial score (nSPS) is 20.6. The number of hydrogen-bond acceptors (Lipinski definition) is 3. The number of nitrogen functional groups attached to an aromatic ring is 1. The number of rotatable bonds is 3. The lowest BCUT2D eigenvalue weighted by molar-refractivity contribution is 0.0824. The molecule has 0 aliphatic heterocycles. The molecule has 1 aliphatic carbocycles. The van der Waals surface area contributed by atoms with Crippen LogP contribution in [0, 0.1) is 0 Å². The van der Waals surface area contributed by atoms with Crippen molar-refractivity contribution in [3.63, 3.8) is 0 Å². The molecule has 0 bridgehead atoms. The molecule has 3 N–H and O–H groups in total. The van der Waals surface area contributed by atoms with Crippen molar-refractivity contribution in [1.29, 1.82) is 0 Å². The maximum Gasteiger partial charge on any atom is 0.120 e. The second-order valence-electron chi connectivity index (χ2n) is 5.97. The van der Waals surface area contributed by atoms with Crippen LogP contribution in [0.25, 0.3) is 0 Å². The lowest BCUT2D eigenvalue weighted by atomic mass is 9.88. The van der Waals surface area contributed by atoms with Crippen LogP contribution in [0.2, 0.25) is 0 Å². The first kappa shape index (κ1) is 14.0. The minimum Gasteiger partial charge on any atom is -0.491 e. The van der Waals surface area contributed by atoms with Crippen LogP contribution >= 0.6 is 0 Å². The number of nitrogens with two attached hydrogens (primary N) is 1. The summed E-state index contributed by atoms with van der Waals surface area (Å²) < 4.78 is 5.74. The van der Waals surface area contributed by atoms with Crippen molar-refractivity contribution in [2.24, 2.45) is 0 Å². The van der Waals surface area contributed by atoms with Crippen LogP contribution in [0.15, 0.2) is 42.5 Å². The second-order valence-corrected chi connectivity index (χ2v) is 5.97. The van der Waals surface area contributed by atoms with E-state index in [4.69, 9.17) is 10.5 Å². The zero-order valence-electron chi connectivity index (χ0n) is 12.5. The lowest BCUT2D eigenvalue weighted by Gasteiger charge is -2.25. The van der Waals surface area contributed by atoms with Gasteiger partial charge >= 0.3 is 0 Å². The van der Waals surface area contributed by atoms with Crippen molar-refractivity contribution >= 4 is 5.69 Å². The van der Waals surface area contributed by atoms with Gasteiger partial charge in [0, 0.05) is 5.69 Å². The first-order valence-electron chi connectivity index (χ1n) is 7.37. The molecule has 2 aromatic rings. The largest absolute Gasteiger partial charge is 0.491 e. The summed E-state index contributed by atoms with van der Waals surface area (Å²) in [6.45, 7) is 3.99. The first-order valence-corrected chi connectivity index (χ1v) is 7.37. The van der Waals surface area contributed by atoms with Crippen molar-refractivity contribution in [1.82, 2.24) is 0 Å². The fraction of sp³-hybridized carbons (Fsp3) is 0.333. The molecule has 1 unspecified atom stereocenters. The van der Waals surface area contributed by atoms with E-state index in [0.717, 1.165) is 34.5 Å². The fourth-order valence-electron chi connectivity index (χ4n) is 3.07. The van der Waals surface area contributed by atoms with Gasteiger partial charge in [-0.2, -0.15) is 0 Å². The van der Waals surface area contributed by atoms with Crippen LogP contribution in [0.3, 0.4) is 0 Å². The van der Waals surface area contributed by atoms with Gasteiger partial charge in [-0.1, -0.05) is 18.2 Å². The minimum atomic E-state index is -0.945. The van der Waals surface area contributed by atoms with Crippen molar-refractivity contribution in [2.45, 2.75) is 38.4 Å². The monoisotopic (exact) mass is 283 g/mol. The second kappa shape index (κ2) is 5.08. The van der Waals surface area contributed by atoms with E-state index in [1.807, 2.05) is 56.3 Å². The molecular weight excluding hydrogens is 262 g/mol. The quantitative estimate of drug-likeness (QED) is 0.850. The van der Waals surface area contributed by atoms with Gasteiger partial charge in [0.15, 0.2) is 0 Å². The molecule has 0 amide bonds. The summed E-state index contributed by atoms with van der Waals surface area (Å²) in [6.07, 6.45) is 1.63. The maximum absolute atomic E-state index is 11.2. The van der Waals surface area contributed by atoms with Crippen LogP contribution in [-0.2, 0) is 12.0 Å². The third kappa shape index (κ3) is 2.49. The standard InChI is InChI=1S/C18H21NO2/c1-12(2)21-16-5-3-4-14(11-16)18(20)9-8-13-10-15(19)6-7-17(13)18/h3-7,10-12,20H,8-9,19H2,1-2H3. The van der Waals surface area contributed by atoms with E-state index in [9.17, 15) is 5.11 Å². The lowest BCUT2D eigenvalue weighted by Crippen LogP contribution is -2.24. The average molecular weight is 283 g/mol. The Balaban J connectivity index is 2.01. The molecule has 0 saturated heterocycles. The van der Waals surface area contributed by atoms with Crippen molar-refractivity contribution in [2.75, 3.05) is 5.73 Å². The Bertz CT molecular complexity index is 666. The van der Waals surface area contributed by atoms with E-state index in [-0.39, 0.29) is 6.10 Å². The molecule has 0 heterocycles. The summed E-state index contributed by atoms with van der Waals surface area (Å²) in [6, 6.07) is 13.5. The Morgan fingerprint density at radius 2 is 2.00 bits per heavy atom. The molecule has 0 spiro atoms. The molecule has 0 fully saturated rings. The van der Waals surface area contributed by atoms with Crippen LogP contribution < -0.4 is 10.5 Å². The SMILES string of the molecule is CC(C)Oc1cccc(C2(O)CCc3cc(N)ccc32)c1. The molecule has 21 heavy (non-hydrogen) atoms. The van der Waals surface area contributed by atoms with Gasteiger partial charge < -0.3 is 15.6 Å². The van der Waals surface area contributed by atoms with Gasteiger partial charge in [0.2, 0.25) is 0 Å². The zero-order chi connectivity index (χ0) is 15.0. The third-order valence-electron chi connectivity index (χ3n) is 4.01. The number of anilines is 1. The van der Waals surface area contributed by atoms with E-state index in [1.165, 1.54) is 0 Å². The Morgan fingerprint density at radius 3 is 2.76 bits per heavy atom. The van der Waals surface area contributed by atoms with Gasteiger partial charge in [-0.15, -0.1) is 0 Å². The number of hydrogen-bond donors (Lipinski definition) is 2. The van der Waals surface area contributed by atoms with Crippen molar-refractivity contribution in [3.05, 3.63) is 59.2 Å². The Kier molecular flexibility index (Phi) is 3.38. The maximum atomic E-state index is 11.2. The highest BCUT2D eigenvalue weighted by atomic mass is 16.5. The van der Waals surface area contributed by atoms with Crippen LogP contribution in [0.4, 0.5) is 5.69 Å². The van der Waals surface area contributed by atoms with E-state index >= 15 is 0 Å². The predicted molar refractivity (Wildman–Crippen MR) is 84.4 cm³/mol. The molecule has 2 aromatic carbocycles. The zero-order valence-corrected chi connectivity index (χ0v) is 12.5. The van der Waals surface area contributed by atoms with Crippen molar-refractivity contribution in [3.8, 4) is 5.75 Å². The van der Waals surface area contributed by atoms with Gasteiger partial charge in [0.1, 0.15) is 11.4 Å². The molecule has 1 aliphatic rings. The van der Waals surface area contributed by atoms with Gasteiger partial charge in [-0.05, 0) is 67.6 Å². The molecule has 3 heteroatoms. The molecule has 0 aromatic heterocycles. The molecular formula is C18H21NO2. The average Bonchev–Trinajstić information content (AvgIpc) is 2.76. The number of aliphatic hydroxyl groups is 1. The summed E-state index contributed by atoms with van der Waals surface area (Å²) in [7, 11) is 0. The molecule has 110 valence electrons. The van der Waals surface area contributed by atoms with E-state index < -0.39 is 5.60 Å². The van der Waals surface area contributed by atoms with Gasteiger partial charge in [-0.3, -0.25) is 0 Å². The van der Waals surface area contributed by atoms with Gasteiger partial charge in [0.25, 0.3) is 0 Å². The predicted octanol–water partition coefficient (Wildman–Crippen LogP) is 3.24. The Labute approximate surface area is 125 Å². The highest BCUT2D eigenvalue weighted by molar-refractivity contribution is 5.53. The van der Waals surface area contributed by atoms with Gasteiger partial charge in [-0.25, -0.2) is 0 Å². The fourth-order valence-corrected chi connectivity index (χ4v) is 3.07. The minimum absolute atomic E-state index is 0.116. The molecule has 3 nitrogen and oxygen atoms in total. The third-order valence-corrected chi connectivity index (χ3v) is 4.01. The van der Waals surface area contributed by atoms with Crippen LogP contribution in [0.5, 0.6) is 5.75 Å². The highest BCUT2D eigenvalue weighted by Gasteiger charge is 2.38. The summed E-state index contributed by atoms with van der Waals surface area (Å²) in [5.74, 6) is 0.792. The summed E-state index contributed by atoms with van der Waals surface area (Å²) in [4.78, 5) is 0. The summed E-state index contributed by atoms with van der Waals surface area (Å²) in [5, 5.41) is 11.2. The van der Waals surface area contributed by atoms with Gasteiger partial charge in [0.05, 0.1) is 6.10 Å². The summed E-state index contributed by atoms with van der Waals surface area (Å²) >= 11 is 0. The molecule has 0 radical (unpaired) electrons.